The zero-order valence-electron chi connectivity index (χ0n) is 12.1. The number of rotatable bonds is 2. The topological polar surface area (TPSA) is 33.2 Å². The average molecular weight is 298 g/mol. The normalized spacial score (nSPS) is 21.1. The van der Waals surface area contributed by atoms with E-state index in [0.717, 1.165) is 43.4 Å². The summed E-state index contributed by atoms with van der Waals surface area (Å²) in [5.41, 5.74) is 6.83. The van der Waals surface area contributed by atoms with Gasteiger partial charge in [-0.1, -0.05) is 6.07 Å². The lowest BCUT2D eigenvalue weighted by molar-refractivity contribution is -0.115. The van der Waals surface area contributed by atoms with Crippen LogP contribution in [0, 0.1) is 0 Å². The second kappa shape index (κ2) is 5.04. The highest BCUT2D eigenvalue weighted by Crippen LogP contribution is 2.34. The number of Topliss-reactive ketones (excluding diaryl/α,β-unsaturated/α-hetero) is 1. The lowest BCUT2D eigenvalue weighted by Crippen LogP contribution is -2.33. The first-order valence-electron chi connectivity index (χ1n) is 7.53. The molecule has 2 aliphatic rings. The standard InChI is InChI=1S/C17H18N2OS/c1-11(12-3-5-17-15(8-12)18-10-21-17)19-7-6-14-13(9-19)2-4-16(14)20/h3,5,8,10-11H,2,4,6-7,9H2,1H3. The first-order valence-corrected chi connectivity index (χ1v) is 8.41. The Kier molecular flexibility index (Phi) is 3.16. The summed E-state index contributed by atoms with van der Waals surface area (Å²) < 4.78 is 1.25. The smallest absolute Gasteiger partial charge is 0.159 e. The minimum atomic E-state index is 0.376. The molecular formula is C17H18N2OS. The first-order chi connectivity index (χ1) is 10.2. The molecule has 4 rings (SSSR count). The second-order valence-electron chi connectivity index (χ2n) is 5.98. The molecule has 0 saturated heterocycles. The van der Waals surface area contributed by atoms with Crippen LogP contribution in [0.3, 0.4) is 0 Å². The van der Waals surface area contributed by atoms with E-state index in [1.165, 1.54) is 15.8 Å². The van der Waals surface area contributed by atoms with Gasteiger partial charge < -0.3 is 0 Å². The number of benzene rings is 1. The van der Waals surface area contributed by atoms with E-state index < -0.39 is 0 Å². The molecule has 0 spiro atoms. The Labute approximate surface area is 128 Å². The van der Waals surface area contributed by atoms with Crippen molar-refractivity contribution in [3.05, 3.63) is 40.4 Å². The number of hydrogen-bond donors (Lipinski definition) is 0. The van der Waals surface area contributed by atoms with Gasteiger partial charge in [0.15, 0.2) is 5.78 Å². The van der Waals surface area contributed by atoms with Crippen LogP contribution in [0.4, 0.5) is 0 Å². The summed E-state index contributed by atoms with van der Waals surface area (Å²) in [6.07, 6.45) is 2.64. The van der Waals surface area contributed by atoms with Crippen LogP contribution in [0.15, 0.2) is 34.9 Å². The largest absolute Gasteiger partial charge is 0.295 e. The second-order valence-corrected chi connectivity index (χ2v) is 6.87. The van der Waals surface area contributed by atoms with Crippen LogP contribution in [0.5, 0.6) is 0 Å². The zero-order chi connectivity index (χ0) is 14.4. The minimum absolute atomic E-state index is 0.376. The number of aromatic nitrogens is 1. The van der Waals surface area contributed by atoms with E-state index in [-0.39, 0.29) is 0 Å². The summed E-state index contributed by atoms with van der Waals surface area (Å²) in [6, 6.07) is 6.97. The molecule has 2 heterocycles. The fraction of sp³-hybridized carbons (Fsp3) is 0.412. The van der Waals surface area contributed by atoms with Crippen LogP contribution >= 0.6 is 11.3 Å². The van der Waals surface area contributed by atoms with Gasteiger partial charge in [0.05, 0.1) is 15.7 Å². The van der Waals surface area contributed by atoms with Gasteiger partial charge in [-0.2, -0.15) is 0 Å². The van der Waals surface area contributed by atoms with Gasteiger partial charge in [0.25, 0.3) is 0 Å². The van der Waals surface area contributed by atoms with E-state index in [1.807, 2.05) is 5.51 Å². The number of fused-ring (bicyclic) bond motifs is 1. The molecule has 1 aliphatic heterocycles. The van der Waals surface area contributed by atoms with E-state index in [1.54, 1.807) is 11.3 Å². The van der Waals surface area contributed by atoms with Crippen LogP contribution in [-0.2, 0) is 4.79 Å². The van der Waals surface area contributed by atoms with Crippen LogP contribution in [0.2, 0.25) is 0 Å². The van der Waals surface area contributed by atoms with Gasteiger partial charge >= 0.3 is 0 Å². The van der Waals surface area contributed by atoms with E-state index in [0.29, 0.717) is 11.8 Å². The quantitative estimate of drug-likeness (QED) is 0.847. The summed E-state index contributed by atoms with van der Waals surface area (Å²) in [7, 11) is 0. The summed E-state index contributed by atoms with van der Waals surface area (Å²) >= 11 is 1.69. The molecule has 1 aliphatic carbocycles. The highest BCUT2D eigenvalue weighted by Gasteiger charge is 2.30. The summed E-state index contributed by atoms with van der Waals surface area (Å²) in [6.45, 7) is 4.20. The average Bonchev–Trinajstić information content (AvgIpc) is 3.12. The number of nitrogens with zero attached hydrogens (tertiary/aromatic N) is 2. The molecule has 0 fully saturated rings. The Balaban J connectivity index is 1.59. The number of hydrogen-bond acceptors (Lipinski definition) is 4. The SMILES string of the molecule is CC(c1ccc2scnc2c1)N1CCC2=C(CCC2=O)C1. The van der Waals surface area contributed by atoms with Gasteiger partial charge in [0.2, 0.25) is 0 Å². The maximum absolute atomic E-state index is 11.8. The van der Waals surface area contributed by atoms with Crippen molar-refractivity contribution < 1.29 is 4.79 Å². The zero-order valence-corrected chi connectivity index (χ0v) is 12.9. The summed E-state index contributed by atoms with van der Waals surface area (Å²) in [5, 5.41) is 0. The van der Waals surface area contributed by atoms with Crippen molar-refractivity contribution in [3.8, 4) is 0 Å². The Morgan fingerprint density at radius 1 is 1.29 bits per heavy atom. The Morgan fingerprint density at radius 2 is 2.19 bits per heavy atom. The first kappa shape index (κ1) is 13.2. The third-order valence-electron chi connectivity index (χ3n) is 4.84. The fourth-order valence-corrected chi connectivity index (χ4v) is 4.17. The van der Waals surface area contributed by atoms with E-state index in [2.05, 4.69) is 35.0 Å². The molecule has 0 saturated carbocycles. The van der Waals surface area contributed by atoms with Crippen LogP contribution in [0.25, 0.3) is 10.2 Å². The van der Waals surface area contributed by atoms with Gasteiger partial charge in [0, 0.05) is 25.6 Å². The molecule has 1 unspecified atom stereocenters. The summed E-state index contributed by atoms with van der Waals surface area (Å²) in [4.78, 5) is 18.7. The molecule has 21 heavy (non-hydrogen) atoms. The Morgan fingerprint density at radius 3 is 3.10 bits per heavy atom. The third kappa shape index (κ3) is 2.23. The maximum atomic E-state index is 11.8. The molecular weight excluding hydrogens is 280 g/mol. The van der Waals surface area contributed by atoms with Crippen LogP contribution in [0.1, 0.15) is 37.8 Å². The molecule has 0 radical (unpaired) electrons. The molecule has 108 valence electrons. The molecule has 2 aromatic rings. The van der Waals surface area contributed by atoms with E-state index >= 15 is 0 Å². The highest BCUT2D eigenvalue weighted by molar-refractivity contribution is 7.16. The Bertz CT molecular complexity index is 746. The van der Waals surface area contributed by atoms with E-state index in [4.69, 9.17) is 0 Å². The van der Waals surface area contributed by atoms with Gasteiger partial charge in [-0.25, -0.2) is 4.98 Å². The van der Waals surface area contributed by atoms with Crippen molar-refractivity contribution in [2.24, 2.45) is 0 Å². The molecule has 0 bridgehead atoms. The molecule has 4 heteroatoms. The van der Waals surface area contributed by atoms with Crippen LogP contribution < -0.4 is 0 Å². The molecule has 3 nitrogen and oxygen atoms in total. The molecule has 0 amide bonds. The number of thiazole rings is 1. The number of carbonyl (C=O) groups excluding carboxylic acids is 1. The predicted molar refractivity (Wildman–Crippen MR) is 85.5 cm³/mol. The van der Waals surface area contributed by atoms with Crippen molar-refractivity contribution in [1.82, 2.24) is 9.88 Å². The Hall–Kier alpha value is -1.52. The molecule has 0 N–H and O–H groups in total. The minimum Gasteiger partial charge on any atom is -0.295 e. The third-order valence-corrected chi connectivity index (χ3v) is 5.65. The van der Waals surface area contributed by atoms with Gasteiger partial charge in [-0.3, -0.25) is 9.69 Å². The highest BCUT2D eigenvalue weighted by atomic mass is 32.1. The van der Waals surface area contributed by atoms with Crippen molar-refractivity contribution in [2.75, 3.05) is 13.1 Å². The van der Waals surface area contributed by atoms with Crippen molar-refractivity contribution in [1.29, 1.82) is 0 Å². The van der Waals surface area contributed by atoms with Crippen molar-refractivity contribution >= 4 is 27.3 Å². The fourth-order valence-electron chi connectivity index (χ4n) is 3.51. The monoisotopic (exact) mass is 298 g/mol. The maximum Gasteiger partial charge on any atom is 0.159 e. The predicted octanol–water partition coefficient (Wildman–Crippen LogP) is 3.72. The lowest BCUT2D eigenvalue weighted by atomic mass is 9.98. The number of carbonyl (C=O) groups is 1. The van der Waals surface area contributed by atoms with Crippen molar-refractivity contribution in [2.45, 2.75) is 32.2 Å². The van der Waals surface area contributed by atoms with E-state index in [9.17, 15) is 4.79 Å². The van der Waals surface area contributed by atoms with Gasteiger partial charge in [0.1, 0.15) is 0 Å². The lowest BCUT2D eigenvalue weighted by Gasteiger charge is -2.33. The van der Waals surface area contributed by atoms with Crippen LogP contribution in [-0.4, -0.2) is 28.8 Å². The summed E-state index contributed by atoms with van der Waals surface area (Å²) in [5.74, 6) is 0.390. The van der Waals surface area contributed by atoms with Gasteiger partial charge in [-0.05, 0) is 48.6 Å². The number of ketones is 1. The molecule has 1 aromatic heterocycles. The molecule has 1 aromatic carbocycles. The van der Waals surface area contributed by atoms with Gasteiger partial charge in [-0.15, -0.1) is 11.3 Å². The van der Waals surface area contributed by atoms with Crippen molar-refractivity contribution in [3.63, 3.8) is 0 Å². The molecule has 1 atom stereocenters.